The average molecular weight is 265 g/mol. The number of halogens is 1. The van der Waals surface area contributed by atoms with Crippen LogP contribution >= 0.6 is 0 Å². The summed E-state index contributed by atoms with van der Waals surface area (Å²) in [6, 6.07) is 3.74. The van der Waals surface area contributed by atoms with Crippen molar-refractivity contribution in [1.29, 1.82) is 0 Å². The molecule has 0 bridgehead atoms. The van der Waals surface area contributed by atoms with Gasteiger partial charge in [0.25, 0.3) is 0 Å². The standard InChI is InChI=1S/C11H12FN5O2/c1-7(13)9-6-16(15-14-9)5-8-3-2-4-10(11(8)12)17(18)19/h2-4,6-7H,5,13H2,1H3. The van der Waals surface area contributed by atoms with Gasteiger partial charge in [-0.25, -0.2) is 4.68 Å². The van der Waals surface area contributed by atoms with Gasteiger partial charge in [0.2, 0.25) is 5.82 Å². The highest BCUT2D eigenvalue weighted by atomic mass is 19.1. The topological polar surface area (TPSA) is 99.9 Å². The van der Waals surface area contributed by atoms with E-state index in [1.807, 2.05) is 0 Å². The lowest BCUT2D eigenvalue weighted by atomic mass is 10.2. The Kier molecular flexibility index (Phi) is 3.52. The number of aromatic nitrogens is 3. The first kappa shape index (κ1) is 13.1. The van der Waals surface area contributed by atoms with E-state index in [9.17, 15) is 14.5 Å². The molecule has 0 spiro atoms. The maximum atomic E-state index is 13.8. The zero-order chi connectivity index (χ0) is 14.0. The third-order valence-corrected chi connectivity index (χ3v) is 2.61. The normalized spacial score (nSPS) is 12.4. The van der Waals surface area contributed by atoms with Gasteiger partial charge >= 0.3 is 5.69 Å². The zero-order valence-corrected chi connectivity index (χ0v) is 10.2. The largest absolute Gasteiger partial charge is 0.323 e. The van der Waals surface area contributed by atoms with Crippen molar-refractivity contribution in [3.05, 3.63) is 51.6 Å². The summed E-state index contributed by atoms with van der Waals surface area (Å²) < 4.78 is 15.2. The Morgan fingerprint density at radius 3 is 2.89 bits per heavy atom. The molecule has 1 atom stereocenters. The van der Waals surface area contributed by atoms with E-state index in [4.69, 9.17) is 5.73 Å². The SMILES string of the molecule is CC(N)c1cn(Cc2cccc([N+](=O)[O-])c2F)nn1. The van der Waals surface area contributed by atoms with Crippen LogP contribution in [0.3, 0.4) is 0 Å². The summed E-state index contributed by atoms with van der Waals surface area (Å²) in [7, 11) is 0. The van der Waals surface area contributed by atoms with Crippen LogP contribution in [-0.4, -0.2) is 19.9 Å². The first-order chi connectivity index (χ1) is 8.99. The van der Waals surface area contributed by atoms with Crippen LogP contribution in [0.25, 0.3) is 0 Å². The Hall–Kier alpha value is -2.35. The Morgan fingerprint density at radius 2 is 2.32 bits per heavy atom. The molecule has 0 radical (unpaired) electrons. The number of nitro groups is 1. The lowest BCUT2D eigenvalue weighted by Crippen LogP contribution is -2.06. The zero-order valence-electron chi connectivity index (χ0n) is 10.2. The van der Waals surface area contributed by atoms with Crippen molar-refractivity contribution in [2.75, 3.05) is 0 Å². The molecule has 1 aromatic carbocycles. The minimum absolute atomic E-state index is 0.0627. The van der Waals surface area contributed by atoms with Crippen LogP contribution in [0.4, 0.5) is 10.1 Å². The maximum Gasteiger partial charge on any atom is 0.305 e. The van der Waals surface area contributed by atoms with E-state index >= 15 is 0 Å². The van der Waals surface area contributed by atoms with E-state index < -0.39 is 16.4 Å². The fourth-order valence-corrected chi connectivity index (χ4v) is 1.60. The molecule has 0 saturated heterocycles. The van der Waals surface area contributed by atoms with Gasteiger partial charge in [0, 0.05) is 17.7 Å². The first-order valence-corrected chi connectivity index (χ1v) is 5.56. The smallest absolute Gasteiger partial charge is 0.305 e. The highest BCUT2D eigenvalue weighted by Crippen LogP contribution is 2.20. The second kappa shape index (κ2) is 5.11. The monoisotopic (exact) mass is 265 g/mol. The summed E-state index contributed by atoms with van der Waals surface area (Å²) in [6.07, 6.45) is 1.59. The van der Waals surface area contributed by atoms with Crippen LogP contribution in [0.5, 0.6) is 0 Å². The van der Waals surface area contributed by atoms with E-state index in [2.05, 4.69) is 10.3 Å². The number of nitrogens with zero attached hydrogens (tertiary/aromatic N) is 4. The number of benzene rings is 1. The van der Waals surface area contributed by atoms with Crippen molar-refractivity contribution in [1.82, 2.24) is 15.0 Å². The molecule has 7 nitrogen and oxygen atoms in total. The van der Waals surface area contributed by atoms with Crippen molar-refractivity contribution in [3.8, 4) is 0 Å². The highest BCUT2D eigenvalue weighted by molar-refractivity contribution is 5.36. The fourth-order valence-electron chi connectivity index (χ4n) is 1.60. The van der Waals surface area contributed by atoms with Crippen LogP contribution < -0.4 is 5.73 Å². The summed E-state index contributed by atoms with van der Waals surface area (Å²) >= 11 is 0. The van der Waals surface area contributed by atoms with Gasteiger partial charge < -0.3 is 5.73 Å². The number of hydrogen-bond acceptors (Lipinski definition) is 5. The van der Waals surface area contributed by atoms with Gasteiger partial charge in [0.15, 0.2) is 0 Å². The first-order valence-electron chi connectivity index (χ1n) is 5.56. The molecular weight excluding hydrogens is 253 g/mol. The molecule has 0 fully saturated rings. The summed E-state index contributed by atoms with van der Waals surface area (Å²) in [6.45, 7) is 1.82. The van der Waals surface area contributed by atoms with Gasteiger partial charge in [-0.3, -0.25) is 10.1 Å². The minimum atomic E-state index is -0.856. The highest BCUT2D eigenvalue weighted by Gasteiger charge is 2.17. The molecule has 0 aliphatic carbocycles. The van der Waals surface area contributed by atoms with Crippen LogP contribution in [0.15, 0.2) is 24.4 Å². The number of hydrogen-bond donors (Lipinski definition) is 1. The molecule has 1 aromatic heterocycles. The Balaban J connectivity index is 2.28. The number of rotatable bonds is 4. The van der Waals surface area contributed by atoms with E-state index in [0.717, 1.165) is 6.07 Å². The summed E-state index contributed by atoms with van der Waals surface area (Å²) in [5, 5.41) is 18.3. The van der Waals surface area contributed by atoms with Gasteiger partial charge in [-0.05, 0) is 6.92 Å². The van der Waals surface area contributed by atoms with Gasteiger partial charge in [-0.15, -0.1) is 5.10 Å². The number of nitrogens with two attached hydrogens (primary N) is 1. The predicted molar refractivity (Wildman–Crippen MR) is 64.8 cm³/mol. The second-order valence-electron chi connectivity index (χ2n) is 4.14. The summed E-state index contributed by atoms with van der Waals surface area (Å²) in [5.74, 6) is -0.856. The lowest BCUT2D eigenvalue weighted by molar-refractivity contribution is -0.387. The number of nitro benzene ring substituents is 1. The fraction of sp³-hybridized carbons (Fsp3) is 0.273. The third-order valence-electron chi connectivity index (χ3n) is 2.61. The van der Waals surface area contributed by atoms with Crippen molar-refractivity contribution < 1.29 is 9.31 Å². The Labute approximate surface area is 108 Å². The molecule has 0 aliphatic heterocycles. The molecular formula is C11H12FN5O2. The molecule has 8 heteroatoms. The third kappa shape index (κ3) is 2.74. The van der Waals surface area contributed by atoms with Crippen LogP contribution in [-0.2, 0) is 6.54 Å². The second-order valence-corrected chi connectivity index (χ2v) is 4.14. The van der Waals surface area contributed by atoms with Crippen LogP contribution in [0, 0.1) is 15.9 Å². The molecule has 1 unspecified atom stereocenters. The van der Waals surface area contributed by atoms with Gasteiger partial charge in [0.05, 0.1) is 23.4 Å². The molecule has 100 valence electrons. The van der Waals surface area contributed by atoms with Crippen molar-refractivity contribution >= 4 is 5.69 Å². The molecule has 19 heavy (non-hydrogen) atoms. The van der Waals surface area contributed by atoms with Crippen molar-refractivity contribution in [2.45, 2.75) is 19.5 Å². The molecule has 2 aromatic rings. The van der Waals surface area contributed by atoms with E-state index in [0.29, 0.717) is 5.69 Å². The van der Waals surface area contributed by atoms with Crippen LogP contribution in [0.1, 0.15) is 24.2 Å². The molecule has 1 heterocycles. The summed E-state index contributed by atoms with van der Waals surface area (Å²) in [4.78, 5) is 9.88. The Morgan fingerprint density at radius 1 is 1.58 bits per heavy atom. The van der Waals surface area contributed by atoms with E-state index in [1.54, 1.807) is 13.1 Å². The van der Waals surface area contributed by atoms with Gasteiger partial charge in [-0.2, -0.15) is 4.39 Å². The maximum absolute atomic E-state index is 13.8. The molecule has 0 aliphatic rings. The van der Waals surface area contributed by atoms with Crippen molar-refractivity contribution in [2.24, 2.45) is 5.73 Å². The molecule has 2 N–H and O–H groups in total. The minimum Gasteiger partial charge on any atom is -0.323 e. The summed E-state index contributed by atoms with van der Waals surface area (Å²) in [5.41, 5.74) is 5.84. The molecule has 0 amide bonds. The quantitative estimate of drug-likeness (QED) is 0.665. The van der Waals surface area contributed by atoms with E-state index in [1.165, 1.54) is 16.8 Å². The van der Waals surface area contributed by atoms with Crippen LogP contribution in [0.2, 0.25) is 0 Å². The van der Waals surface area contributed by atoms with Crippen molar-refractivity contribution in [3.63, 3.8) is 0 Å². The lowest BCUT2D eigenvalue weighted by Gasteiger charge is -2.03. The van der Waals surface area contributed by atoms with E-state index in [-0.39, 0.29) is 18.2 Å². The Bertz CT molecular complexity index is 611. The molecule has 2 rings (SSSR count). The van der Waals surface area contributed by atoms with Gasteiger partial charge in [-0.1, -0.05) is 17.3 Å². The predicted octanol–water partition coefficient (Wildman–Crippen LogP) is 1.39. The average Bonchev–Trinajstić information content (AvgIpc) is 2.80. The molecule has 0 saturated carbocycles. The van der Waals surface area contributed by atoms with Gasteiger partial charge in [0.1, 0.15) is 0 Å².